The Morgan fingerprint density at radius 3 is 2.45 bits per heavy atom. The lowest BCUT2D eigenvalue weighted by molar-refractivity contribution is -0.0498. The molecule has 0 aliphatic heterocycles. The monoisotopic (exact) mass is 420 g/mol. The number of para-hydroxylation sites is 1. The van der Waals surface area contributed by atoms with Gasteiger partial charge < -0.3 is 14.2 Å². The predicted molar refractivity (Wildman–Crippen MR) is 109 cm³/mol. The van der Waals surface area contributed by atoms with Gasteiger partial charge in [-0.2, -0.15) is 8.78 Å². The molecule has 0 fully saturated rings. The number of ether oxygens (including phenoxy) is 3. The smallest absolute Gasteiger partial charge is 0.387 e. The van der Waals surface area contributed by atoms with E-state index in [0.29, 0.717) is 24.6 Å². The highest BCUT2D eigenvalue weighted by atomic mass is 32.1. The van der Waals surface area contributed by atoms with Gasteiger partial charge in [-0.05, 0) is 36.9 Å². The van der Waals surface area contributed by atoms with Crippen LogP contribution in [0.3, 0.4) is 0 Å². The highest BCUT2D eigenvalue weighted by molar-refractivity contribution is 7.13. The molecule has 29 heavy (non-hydrogen) atoms. The summed E-state index contributed by atoms with van der Waals surface area (Å²) in [6.07, 6.45) is 0. The van der Waals surface area contributed by atoms with Crippen LogP contribution in [0.2, 0.25) is 0 Å². The topological polar surface area (TPSA) is 43.8 Å². The summed E-state index contributed by atoms with van der Waals surface area (Å²) in [6.45, 7) is -1.51. The van der Waals surface area contributed by atoms with E-state index in [-0.39, 0.29) is 5.75 Å². The molecule has 0 atom stereocenters. The molecule has 0 unspecified atom stereocenters. The first-order valence-electron chi connectivity index (χ1n) is 8.88. The first kappa shape index (κ1) is 21.0. The average molecular weight is 420 g/mol. The highest BCUT2D eigenvalue weighted by Crippen LogP contribution is 2.39. The molecule has 1 heterocycles. The summed E-state index contributed by atoms with van der Waals surface area (Å²) < 4.78 is 39.7. The van der Waals surface area contributed by atoms with Crippen LogP contribution in [0.4, 0.5) is 8.78 Å². The van der Waals surface area contributed by atoms with Crippen molar-refractivity contribution in [2.24, 2.45) is 0 Å². The van der Waals surface area contributed by atoms with Gasteiger partial charge in [0.15, 0.2) is 11.5 Å². The number of halogens is 2. The molecule has 0 saturated carbocycles. The van der Waals surface area contributed by atoms with Crippen molar-refractivity contribution >= 4 is 11.3 Å². The quantitative estimate of drug-likeness (QED) is 0.484. The van der Waals surface area contributed by atoms with E-state index in [1.54, 1.807) is 49.8 Å². The predicted octanol–water partition coefficient (Wildman–Crippen LogP) is 5.06. The molecule has 2 aromatic carbocycles. The lowest BCUT2D eigenvalue weighted by Gasteiger charge is -2.15. The summed E-state index contributed by atoms with van der Waals surface area (Å²) in [7, 11) is 5.20. The fourth-order valence-corrected chi connectivity index (χ4v) is 3.81. The largest absolute Gasteiger partial charge is 0.493 e. The Kier molecular flexibility index (Phi) is 7.00. The van der Waals surface area contributed by atoms with Gasteiger partial charge in [-0.3, -0.25) is 4.90 Å². The highest BCUT2D eigenvalue weighted by Gasteiger charge is 2.15. The number of thiazole rings is 1. The van der Waals surface area contributed by atoms with Gasteiger partial charge in [-0.15, -0.1) is 11.3 Å². The van der Waals surface area contributed by atoms with E-state index in [1.165, 1.54) is 0 Å². The van der Waals surface area contributed by atoms with Crippen LogP contribution < -0.4 is 14.2 Å². The normalized spacial score (nSPS) is 11.1. The minimum Gasteiger partial charge on any atom is -0.493 e. The molecule has 0 amide bonds. The molecule has 154 valence electrons. The summed E-state index contributed by atoms with van der Waals surface area (Å²) >= 11 is 1.55. The maximum Gasteiger partial charge on any atom is 0.387 e. The van der Waals surface area contributed by atoms with Gasteiger partial charge in [-0.25, -0.2) is 4.98 Å². The molecule has 0 bridgehead atoms. The molecule has 0 aliphatic rings. The van der Waals surface area contributed by atoms with Crippen LogP contribution in [-0.2, 0) is 13.1 Å². The van der Waals surface area contributed by atoms with Gasteiger partial charge in [0.1, 0.15) is 10.8 Å². The molecule has 0 spiro atoms. The number of aromatic nitrogens is 1. The Hall–Kier alpha value is -2.71. The van der Waals surface area contributed by atoms with Crippen LogP contribution in [0.15, 0.2) is 47.8 Å². The van der Waals surface area contributed by atoms with Crippen LogP contribution >= 0.6 is 11.3 Å². The number of rotatable bonds is 9. The van der Waals surface area contributed by atoms with Crippen molar-refractivity contribution in [3.63, 3.8) is 0 Å². The van der Waals surface area contributed by atoms with Gasteiger partial charge >= 0.3 is 6.61 Å². The molecule has 0 saturated heterocycles. The Morgan fingerprint density at radius 1 is 1.03 bits per heavy atom. The fourth-order valence-electron chi connectivity index (χ4n) is 2.98. The van der Waals surface area contributed by atoms with Crippen LogP contribution in [0.1, 0.15) is 11.3 Å². The maximum atomic E-state index is 12.2. The third-order valence-electron chi connectivity index (χ3n) is 4.22. The molecule has 5 nitrogen and oxygen atoms in total. The van der Waals surface area contributed by atoms with Gasteiger partial charge in [0, 0.05) is 18.5 Å². The Balaban J connectivity index is 1.66. The van der Waals surface area contributed by atoms with Crippen molar-refractivity contribution in [3.05, 3.63) is 59.1 Å². The number of methoxy groups -OCH3 is 2. The lowest BCUT2D eigenvalue weighted by atomic mass is 10.2. The second-order valence-electron chi connectivity index (χ2n) is 6.38. The molecule has 1 aromatic heterocycles. The summed E-state index contributed by atoms with van der Waals surface area (Å²) in [4.78, 5) is 6.83. The SMILES string of the molecule is COc1cccc(-c2nc(CN(C)Cc3ccc(OC(F)F)cc3)cs2)c1OC. The first-order valence-corrected chi connectivity index (χ1v) is 9.76. The molecular weight excluding hydrogens is 398 g/mol. The Bertz CT molecular complexity index is 932. The first-order chi connectivity index (χ1) is 14.0. The van der Waals surface area contributed by atoms with Gasteiger partial charge in [0.05, 0.1) is 25.5 Å². The summed E-state index contributed by atoms with van der Waals surface area (Å²) in [6, 6.07) is 12.4. The molecule has 3 aromatic rings. The second-order valence-corrected chi connectivity index (χ2v) is 7.24. The van der Waals surface area contributed by atoms with E-state index in [0.717, 1.165) is 21.8 Å². The maximum absolute atomic E-state index is 12.2. The lowest BCUT2D eigenvalue weighted by Crippen LogP contribution is -2.17. The van der Waals surface area contributed by atoms with Crippen molar-refractivity contribution in [1.82, 2.24) is 9.88 Å². The summed E-state index contributed by atoms with van der Waals surface area (Å²) in [5, 5.41) is 2.88. The molecule has 0 radical (unpaired) electrons. The standard InChI is InChI=1S/C21H22F2N2O3S/c1-25(11-14-7-9-16(10-8-14)28-21(22)23)12-15-13-29-20(24-15)17-5-4-6-18(26-2)19(17)27-3/h4-10,13,21H,11-12H2,1-3H3. The third-order valence-corrected chi connectivity index (χ3v) is 5.14. The molecule has 0 aliphatic carbocycles. The summed E-state index contributed by atoms with van der Waals surface area (Å²) in [5.41, 5.74) is 2.83. The molecule has 8 heteroatoms. The van der Waals surface area contributed by atoms with E-state index < -0.39 is 6.61 Å². The summed E-state index contributed by atoms with van der Waals surface area (Å²) in [5.74, 6) is 1.48. The number of hydrogen-bond donors (Lipinski definition) is 0. The van der Waals surface area contributed by atoms with Crippen LogP contribution in [0.25, 0.3) is 10.6 Å². The van der Waals surface area contributed by atoms with E-state index in [9.17, 15) is 8.78 Å². The Labute approximate surface area is 172 Å². The second kappa shape index (κ2) is 9.67. The van der Waals surface area contributed by atoms with Gasteiger partial charge in [0.25, 0.3) is 0 Å². The molecule has 0 N–H and O–H groups in total. The zero-order chi connectivity index (χ0) is 20.8. The zero-order valence-electron chi connectivity index (χ0n) is 16.4. The van der Waals surface area contributed by atoms with E-state index >= 15 is 0 Å². The number of nitrogens with zero attached hydrogens (tertiary/aromatic N) is 2. The van der Waals surface area contributed by atoms with Crippen molar-refractivity contribution < 1.29 is 23.0 Å². The van der Waals surface area contributed by atoms with Crippen molar-refractivity contribution in [1.29, 1.82) is 0 Å². The number of alkyl halides is 2. The van der Waals surface area contributed by atoms with Crippen molar-refractivity contribution in [3.8, 4) is 27.8 Å². The molecular formula is C21H22F2N2O3S. The minimum absolute atomic E-state index is 0.155. The van der Waals surface area contributed by atoms with Crippen LogP contribution in [0.5, 0.6) is 17.2 Å². The van der Waals surface area contributed by atoms with Crippen molar-refractivity contribution in [2.75, 3.05) is 21.3 Å². The fraction of sp³-hybridized carbons (Fsp3) is 0.286. The number of benzene rings is 2. The minimum atomic E-state index is -2.81. The van der Waals surface area contributed by atoms with Gasteiger partial charge in [0.2, 0.25) is 0 Å². The van der Waals surface area contributed by atoms with E-state index in [2.05, 4.69) is 9.64 Å². The number of hydrogen-bond acceptors (Lipinski definition) is 6. The van der Waals surface area contributed by atoms with Crippen LogP contribution in [-0.4, -0.2) is 37.8 Å². The van der Waals surface area contributed by atoms with Crippen molar-refractivity contribution in [2.45, 2.75) is 19.7 Å². The van der Waals surface area contributed by atoms with E-state index in [4.69, 9.17) is 14.5 Å². The van der Waals surface area contributed by atoms with Crippen LogP contribution in [0, 0.1) is 0 Å². The zero-order valence-corrected chi connectivity index (χ0v) is 17.2. The Morgan fingerprint density at radius 2 is 1.79 bits per heavy atom. The third kappa shape index (κ3) is 5.42. The van der Waals surface area contributed by atoms with Gasteiger partial charge in [-0.1, -0.05) is 18.2 Å². The average Bonchev–Trinajstić information content (AvgIpc) is 3.16. The molecule has 3 rings (SSSR count). The van der Waals surface area contributed by atoms with E-state index in [1.807, 2.05) is 30.6 Å².